The van der Waals surface area contributed by atoms with E-state index in [9.17, 15) is 9.18 Å². The van der Waals surface area contributed by atoms with Gasteiger partial charge in [-0.15, -0.1) is 0 Å². The van der Waals surface area contributed by atoms with Crippen molar-refractivity contribution < 1.29 is 9.18 Å². The first kappa shape index (κ1) is 13.3. The number of amides is 1. The van der Waals surface area contributed by atoms with Crippen molar-refractivity contribution >= 4 is 11.7 Å². The minimum Gasteiger partial charge on any atom is -0.307 e. The summed E-state index contributed by atoms with van der Waals surface area (Å²) < 4.78 is 15.0. The lowest BCUT2D eigenvalue weighted by Crippen LogP contribution is -2.15. The summed E-state index contributed by atoms with van der Waals surface area (Å²) in [6, 6.07) is 4.43. The van der Waals surface area contributed by atoms with Gasteiger partial charge in [-0.3, -0.25) is 9.48 Å². The predicted molar refractivity (Wildman–Crippen MR) is 71.8 cm³/mol. The zero-order chi connectivity index (χ0) is 14.2. The molecule has 0 atom stereocenters. The van der Waals surface area contributed by atoms with Crippen LogP contribution in [0.1, 0.15) is 27.2 Å². The van der Waals surface area contributed by atoms with Gasteiger partial charge in [0.15, 0.2) is 0 Å². The smallest absolute Gasteiger partial charge is 0.256 e. The van der Waals surface area contributed by atoms with Crippen LogP contribution in [0.3, 0.4) is 0 Å². The van der Waals surface area contributed by atoms with Crippen molar-refractivity contribution in [2.45, 2.75) is 20.8 Å². The molecule has 1 N–H and O–H groups in total. The summed E-state index contributed by atoms with van der Waals surface area (Å²) in [7, 11) is 1.76. The lowest BCUT2D eigenvalue weighted by atomic mass is 10.1. The summed E-state index contributed by atoms with van der Waals surface area (Å²) in [5, 5.41) is 6.97. The molecule has 0 aliphatic heterocycles. The van der Waals surface area contributed by atoms with Crippen LogP contribution in [0.15, 0.2) is 18.2 Å². The highest BCUT2D eigenvalue weighted by molar-refractivity contribution is 6.04. The Hall–Kier alpha value is -2.17. The van der Waals surface area contributed by atoms with Crippen molar-refractivity contribution in [3.05, 3.63) is 46.4 Å². The van der Waals surface area contributed by atoms with Gasteiger partial charge in [0, 0.05) is 18.2 Å². The molecule has 4 nitrogen and oxygen atoms in total. The molecule has 2 aromatic rings. The molecular weight excluding hydrogens is 245 g/mol. The van der Waals surface area contributed by atoms with Crippen LogP contribution in [0.4, 0.5) is 10.2 Å². The molecule has 0 aliphatic rings. The molecule has 0 saturated heterocycles. The zero-order valence-electron chi connectivity index (χ0n) is 11.4. The molecule has 0 saturated carbocycles. The number of rotatable bonds is 2. The van der Waals surface area contributed by atoms with E-state index in [-0.39, 0.29) is 11.7 Å². The molecule has 2 rings (SSSR count). The van der Waals surface area contributed by atoms with Gasteiger partial charge in [0.05, 0.1) is 5.69 Å². The van der Waals surface area contributed by atoms with E-state index in [4.69, 9.17) is 0 Å². The van der Waals surface area contributed by atoms with Crippen molar-refractivity contribution in [3.63, 3.8) is 0 Å². The Balaban J connectivity index is 2.28. The van der Waals surface area contributed by atoms with E-state index in [2.05, 4.69) is 10.4 Å². The van der Waals surface area contributed by atoms with Crippen molar-refractivity contribution in [2.75, 3.05) is 5.32 Å². The second-order valence-electron chi connectivity index (χ2n) is 4.60. The number of aromatic nitrogens is 2. The van der Waals surface area contributed by atoms with Crippen molar-refractivity contribution in [1.82, 2.24) is 9.78 Å². The van der Waals surface area contributed by atoms with E-state index >= 15 is 0 Å². The van der Waals surface area contributed by atoms with Crippen LogP contribution in [0.5, 0.6) is 0 Å². The summed E-state index contributed by atoms with van der Waals surface area (Å²) in [6.07, 6.45) is 0. The summed E-state index contributed by atoms with van der Waals surface area (Å²) in [5.74, 6) is -0.0981. The van der Waals surface area contributed by atoms with Gasteiger partial charge < -0.3 is 5.32 Å². The molecule has 0 fully saturated rings. The van der Waals surface area contributed by atoms with E-state index in [1.807, 2.05) is 13.8 Å². The lowest BCUT2D eigenvalue weighted by molar-refractivity contribution is 0.102. The van der Waals surface area contributed by atoms with Crippen LogP contribution < -0.4 is 5.32 Å². The van der Waals surface area contributed by atoms with Gasteiger partial charge in [-0.25, -0.2) is 4.39 Å². The third kappa shape index (κ3) is 2.50. The molecule has 0 spiro atoms. The topological polar surface area (TPSA) is 46.9 Å². The van der Waals surface area contributed by atoms with Gasteiger partial charge in [-0.1, -0.05) is 6.07 Å². The average molecular weight is 261 g/mol. The molecule has 19 heavy (non-hydrogen) atoms. The fraction of sp³-hybridized carbons (Fsp3) is 0.286. The Morgan fingerprint density at radius 3 is 2.53 bits per heavy atom. The second-order valence-corrected chi connectivity index (χ2v) is 4.60. The molecule has 100 valence electrons. The largest absolute Gasteiger partial charge is 0.307 e. The summed E-state index contributed by atoms with van der Waals surface area (Å²) >= 11 is 0. The average Bonchev–Trinajstić information content (AvgIpc) is 2.59. The molecular formula is C14H16FN3O. The second kappa shape index (κ2) is 4.84. The minimum absolute atomic E-state index is 0.293. The van der Waals surface area contributed by atoms with Gasteiger partial charge in [0.1, 0.15) is 11.6 Å². The SMILES string of the molecule is Cc1ccc(C(=O)Nc2c(C)c(C)nn2C)cc1F. The predicted octanol–water partition coefficient (Wildman–Crippen LogP) is 2.74. The van der Waals surface area contributed by atoms with Gasteiger partial charge in [-0.2, -0.15) is 5.10 Å². The standard InChI is InChI=1S/C14H16FN3O/c1-8-5-6-11(7-12(8)15)14(19)16-13-9(2)10(3)17-18(13)4/h5-7H,1-4H3,(H,16,19). The van der Waals surface area contributed by atoms with E-state index in [1.54, 1.807) is 30.8 Å². The minimum atomic E-state index is -0.384. The van der Waals surface area contributed by atoms with Crippen LogP contribution in [-0.4, -0.2) is 15.7 Å². The van der Waals surface area contributed by atoms with Gasteiger partial charge in [0.25, 0.3) is 5.91 Å². The Kier molecular flexibility index (Phi) is 3.38. The molecule has 0 unspecified atom stereocenters. The number of halogens is 1. The molecule has 1 heterocycles. The molecule has 1 aromatic heterocycles. The summed E-state index contributed by atoms with van der Waals surface area (Å²) in [6.45, 7) is 5.41. The van der Waals surface area contributed by atoms with Crippen LogP contribution in [0.2, 0.25) is 0 Å². The van der Waals surface area contributed by atoms with Crippen LogP contribution in [-0.2, 0) is 7.05 Å². The normalized spacial score (nSPS) is 10.6. The third-order valence-electron chi connectivity index (χ3n) is 3.19. The highest BCUT2D eigenvalue weighted by Gasteiger charge is 2.14. The Labute approximate surface area is 111 Å². The lowest BCUT2D eigenvalue weighted by Gasteiger charge is -2.07. The quantitative estimate of drug-likeness (QED) is 0.903. The first-order valence-electron chi connectivity index (χ1n) is 5.98. The number of nitrogens with zero attached hydrogens (tertiary/aromatic N) is 2. The Bertz CT molecular complexity index is 646. The first-order chi connectivity index (χ1) is 8.90. The summed E-state index contributed by atoms with van der Waals surface area (Å²) in [5.41, 5.74) is 2.57. The van der Waals surface area contributed by atoms with E-state index < -0.39 is 0 Å². The van der Waals surface area contributed by atoms with E-state index in [0.29, 0.717) is 16.9 Å². The molecule has 0 radical (unpaired) electrons. The molecule has 1 amide bonds. The third-order valence-corrected chi connectivity index (χ3v) is 3.19. The number of anilines is 1. The fourth-order valence-electron chi connectivity index (χ4n) is 1.85. The molecule has 1 aromatic carbocycles. The van der Waals surface area contributed by atoms with Crippen molar-refractivity contribution in [1.29, 1.82) is 0 Å². The zero-order valence-corrected chi connectivity index (χ0v) is 11.4. The van der Waals surface area contributed by atoms with Crippen LogP contribution >= 0.6 is 0 Å². The monoisotopic (exact) mass is 261 g/mol. The molecule has 0 bridgehead atoms. The highest BCUT2D eigenvalue weighted by Crippen LogP contribution is 2.18. The number of aryl methyl sites for hydroxylation is 3. The maximum Gasteiger partial charge on any atom is 0.256 e. The number of carbonyl (C=O) groups is 1. The van der Waals surface area contributed by atoms with E-state index in [0.717, 1.165) is 11.3 Å². The fourth-order valence-corrected chi connectivity index (χ4v) is 1.85. The number of nitrogens with one attached hydrogen (secondary N) is 1. The highest BCUT2D eigenvalue weighted by atomic mass is 19.1. The maximum atomic E-state index is 13.4. The number of hydrogen-bond donors (Lipinski definition) is 1. The Morgan fingerprint density at radius 2 is 2.00 bits per heavy atom. The number of hydrogen-bond acceptors (Lipinski definition) is 2. The molecule has 0 aliphatic carbocycles. The molecule has 5 heteroatoms. The Morgan fingerprint density at radius 1 is 1.32 bits per heavy atom. The first-order valence-corrected chi connectivity index (χ1v) is 5.98. The number of benzene rings is 1. The van der Waals surface area contributed by atoms with Crippen molar-refractivity contribution in [2.24, 2.45) is 7.05 Å². The van der Waals surface area contributed by atoms with Crippen LogP contribution in [0.25, 0.3) is 0 Å². The number of carbonyl (C=O) groups excluding carboxylic acids is 1. The van der Waals surface area contributed by atoms with Gasteiger partial charge >= 0.3 is 0 Å². The van der Waals surface area contributed by atoms with Gasteiger partial charge in [-0.05, 0) is 38.5 Å². The van der Waals surface area contributed by atoms with E-state index in [1.165, 1.54) is 6.07 Å². The summed E-state index contributed by atoms with van der Waals surface area (Å²) in [4.78, 5) is 12.1. The maximum absolute atomic E-state index is 13.4. The van der Waals surface area contributed by atoms with Gasteiger partial charge in [0.2, 0.25) is 0 Å². The van der Waals surface area contributed by atoms with Crippen molar-refractivity contribution in [3.8, 4) is 0 Å². The van der Waals surface area contributed by atoms with Crippen LogP contribution in [0, 0.1) is 26.6 Å².